The molecule has 0 saturated carbocycles. The molecule has 1 unspecified atom stereocenters. The predicted molar refractivity (Wildman–Crippen MR) is 70.4 cm³/mol. The summed E-state index contributed by atoms with van der Waals surface area (Å²) in [5, 5.41) is 17.8. The number of carboxylic acid groups (broad SMARTS) is 1. The van der Waals surface area contributed by atoms with Crippen molar-refractivity contribution in [2.24, 2.45) is 5.92 Å². The first-order chi connectivity index (χ1) is 8.58. The van der Waals surface area contributed by atoms with Crippen molar-refractivity contribution in [2.75, 3.05) is 18.0 Å². The first-order valence-corrected chi connectivity index (χ1v) is 5.67. The monoisotopic (exact) mass is 244 g/mol. The van der Waals surface area contributed by atoms with E-state index in [1.54, 1.807) is 31.2 Å². The van der Waals surface area contributed by atoms with Gasteiger partial charge in [-0.1, -0.05) is 19.1 Å². The summed E-state index contributed by atoms with van der Waals surface area (Å²) in [6.45, 7) is 6.26. The highest BCUT2D eigenvalue weighted by molar-refractivity contribution is 5.70. The summed E-state index contributed by atoms with van der Waals surface area (Å²) in [6.07, 6.45) is 1.72. The van der Waals surface area contributed by atoms with Crippen molar-refractivity contribution in [2.45, 2.75) is 6.92 Å². The quantitative estimate of drug-likeness (QED) is 0.780. The molecule has 94 valence electrons. The topological polar surface area (TPSA) is 64.3 Å². The van der Waals surface area contributed by atoms with Gasteiger partial charge in [0.1, 0.15) is 0 Å². The molecule has 4 heteroatoms. The third kappa shape index (κ3) is 3.63. The Morgan fingerprint density at radius 3 is 2.94 bits per heavy atom. The molecule has 0 aliphatic carbocycles. The van der Waals surface area contributed by atoms with Gasteiger partial charge in [0.2, 0.25) is 0 Å². The second-order valence-corrected chi connectivity index (χ2v) is 4.10. The van der Waals surface area contributed by atoms with Gasteiger partial charge in [-0.3, -0.25) is 4.79 Å². The zero-order chi connectivity index (χ0) is 13.5. The van der Waals surface area contributed by atoms with Crippen LogP contribution >= 0.6 is 0 Å². The number of hydrogen-bond acceptors (Lipinski definition) is 3. The van der Waals surface area contributed by atoms with Crippen molar-refractivity contribution in [3.63, 3.8) is 0 Å². The molecule has 1 aromatic rings. The van der Waals surface area contributed by atoms with Crippen LogP contribution in [0.1, 0.15) is 12.5 Å². The maximum absolute atomic E-state index is 10.9. The molecule has 4 nitrogen and oxygen atoms in total. The van der Waals surface area contributed by atoms with Crippen molar-refractivity contribution >= 4 is 11.7 Å². The minimum Gasteiger partial charge on any atom is -0.481 e. The molecular formula is C14H16N2O2. The van der Waals surface area contributed by atoms with Crippen LogP contribution in [0.2, 0.25) is 0 Å². The lowest BCUT2D eigenvalue weighted by atomic mass is 10.1. The Balaban J connectivity index is 2.93. The summed E-state index contributed by atoms with van der Waals surface area (Å²) >= 11 is 0. The summed E-state index contributed by atoms with van der Waals surface area (Å²) in [5.41, 5.74) is 1.39. The molecule has 18 heavy (non-hydrogen) atoms. The van der Waals surface area contributed by atoms with Gasteiger partial charge in [0.15, 0.2) is 0 Å². The number of benzene rings is 1. The molecule has 0 radical (unpaired) electrons. The first-order valence-electron chi connectivity index (χ1n) is 5.67. The minimum atomic E-state index is -0.833. The summed E-state index contributed by atoms with van der Waals surface area (Å²) in [7, 11) is 0. The fourth-order valence-electron chi connectivity index (χ4n) is 1.62. The van der Waals surface area contributed by atoms with Crippen LogP contribution in [0.25, 0.3) is 0 Å². The molecule has 0 aromatic heterocycles. The average molecular weight is 244 g/mol. The summed E-state index contributed by atoms with van der Waals surface area (Å²) in [6, 6.07) is 9.19. The summed E-state index contributed by atoms with van der Waals surface area (Å²) < 4.78 is 0. The molecule has 1 rings (SSSR count). The van der Waals surface area contributed by atoms with Gasteiger partial charge in [-0.25, -0.2) is 0 Å². The van der Waals surface area contributed by atoms with Crippen LogP contribution in [-0.4, -0.2) is 24.2 Å². The third-order valence-electron chi connectivity index (χ3n) is 2.61. The van der Waals surface area contributed by atoms with Crippen molar-refractivity contribution in [3.05, 3.63) is 42.5 Å². The van der Waals surface area contributed by atoms with Crippen LogP contribution < -0.4 is 4.90 Å². The molecule has 0 heterocycles. The lowest BCUT2D eigenvalue weighted by molar-refractivity contribution is -0.140. The number of rotatable bonds is 6. The molecule has 0 aliphatic heterocycles. The molecular weight excluding hydrogens is 228 g/mol. The SMILES string of the molecule is C=CCN(CC(C)C(=O)O)c1cccc(C#N)c1. The zero-order valence-electron chi connectivity index (χ0n) is 10.3. The van der Waals surface area contributed by atoms with E-state index >= 15 is 0 Å². The molecule has 0 fully saturated rings. The predicted octanol–water partition coefficient (Wildman–Crippen LogP) is 2.27. The van der Waals surface area contributed by atoms with Gasteiger partial charge < -0.3 is 10.0 Å². The standard InChI is InChI=1S/C14H16N2O2/c1-3-7-16(10-11(2)14(17)18)13-6-4-5-12(8-13)9-15/h3-6,8,11H,1,7,10H2,2H3,(H,17,18). The van der Waals surface area contributed by atoms with Crippen molar-refractivity contribution in [3.8, 4) is 6.07 Å². The van der Waals surface area contributed by atoms with Gasteiger partial charge >= 0.3 is 5.97 Å². The van der Waals surface area contributed by atoms with Gasteiger partial charge in [-0.15, -0.1) is 6.58 Å². The van der Waals surface area contributed by atoms with Gasteiger partial charge in [-0.05, 0) is 18.2 Å². The Bertz CT molecular complexity index is 477. The average Bonchev–Trinajstić information content (AvgIpc) is 2.38. The summed E-state index contributed by atoms with van der Waals surface area (Å²) in [4.78, 5) is 12.8. The number of nitriles is 1. The van der Waals surface area contributed by atoms with Crippen molar-refractivity contribution < 1.29 is 9.90 Å². The van der Waals surface area contributed by atoms with Crippen LogP contribution in [0.15, 0.2) is 36.9 Å². The van der Waals surface area contributed by atoms with Crippen LogP contribution in [0, 0.1) is 17.2 Å². The lowest BCUT2D eigenvalue weighted by Gasteiger charge is -2.25. The molecule has 0 saturated heterocycles. The van der Waals surface area contributed by atoms with Crippen LogP contribution in [0.3, 0.4) is 0 Å². The molecule has 1 atom stereocenters. The van der Waals surface area contributed by atoms with Crippen molar-refractivity contribution in [1.82, 2.24) is 0 Å². The Kier molecular flexibility index (Phi) is 4.94. The van der Waals surface area contributed by atoms with Crippen LogP contribution in [0.5, 0.6) is 0 Å². The molecule has 1 aromatic carbocycles. The Morgan fingerprint density at radius 2 is 2.39 bits per heavy atom. The molecule has 0 aliphatic rings. The Hall–Kier alpha value is -2.28. The van der Waals surface area contributed by atoms with Gasteiger partial charge in [0, 0.05) is 18.8 Å². The fourth-order valence-corrected chi connectivity index (χ4v) is 1.62. The second kappa shape index (κ2) is 6.45. The van der Waals surface area contributed by atoms with E-state index in [4.69, 9.17) is 10.4 Å². The third-order valence-corrected chi connectivity index (χ3v) is 2.61. The van der Waals surface area contributed by atoms with E-state index in [-0.39, 0.29) is 0 Å². The van der Waals surface area contributed by atoms with E-state index in [0.717, 1.165) is 5.69 Å². The van der Waals surface area contributed by atoms with E-state index in [1.165, 1.54) is 0 Å². The number of carboxylic acids is 1. The Morgan fingerprint density at radius 1 is 1.67 bits per heavy atom. The highest BCUT2D eigenvalue weighted by Gasteiger charge is 2.16. The van der Waals surface area contributed by atoms with E-state index in [2.05, 4.69) is 12.6 Å². The Labute approximate surface area is 107 Å². The molecule has 0 bridgehead atoms. The number of anilines is 1. The van der Waals surface area contributed by atoms with Gasteiger partial charge in [-0.2, -0.15) is 5.26 Å². The largest absolute Gasteiger partial charge is 0.481 e. The second-order valence-electron chi connectivity index (χ2n) is 4.10. The summed E-state index contributed by atoms with van der Waals surface area (Å²) in [5.74, 6) is -1.31. The molecule has 0 spiro atoms. The van der Waals surface area contributed by atoms with E-state index < -0.39 is 11.9 Å². The fraction of sp³-hybridized carbons (Fsp3) is 0.286. The van der Waals surface area contributed by atoms with E-state index in [0.29, 0.717) is 18.7 Å². The van der Waals surface area contributed by atoms with Gasteiger partial charge in [0.25, 0.3) is 0 Å². The van der Waals surface area contributed by atoms with E-state index in [9.17, 15) is 4.79 Å². The zero-order valence-corrected chi connectivity index (χ0v) is 10.3. The van der Waals surface area contributed by atoms with Crippen LogP contribution in [0.4, 0.5) is 5.69 Å². The number of hydrogen-bond donors (Lipinski definition) is 1. The highest BCUT2D eigenvalue weighted by atomic mass is 16.4. The molecule has 0 amide bonds. The van der Waals surface area contributed by atoms with Gasteiger partial charge in [0.05, 0.1) is 17.6 Å². The number of nitrogens with zero attached hydrogens (tertiary/aromatic N) is 2. The minimum absolute atomic E-state index is 0.385. The van der Waals surface area contributed by atoms with Crippen LogP contribution in [-0.2, 0) is 4.79 Å². The first kappa shape index (κ1) is 13.8. The highest BCUT2D eigenvalue weighted by Crippen LogP contribution is 2.17. The lowest BCUT2D eigenvalue weighted by Crippen LogP contribution is -2.32. The maximum Gasteiger partial charge on any atom is 0.308 e. The molecule has 1 N–H and O–H groups in total. The number of carbonyl (C=O) groups is 1. The maximum atomic E-state index is 10.9. The van der Waals surface area contributed by atoms with Crippen molar-refractivity contribution in [1.29, 1.82) is 5.26 Å². The van der Waals surface area contributed by atoms with E-state index in [1.807, 2.05) is 11.0 Å². The number of aliphatic carboxylic acids is 1. The normalized spacial score (nSPS) is 11.3. The smallest absolute Gasteiger partial charge is 0.308 e.